The van der Waals surface area contributed by atoms with Gasteiger partial charge in [-0.2, -0.15) is 0 Å². The fraction of sp³-hybridized carbons (Fsp3) is 0.938. The van der Waals surface area contributed by atoms with Crippen LogP contribution in [0.5, 0.6) is 0 Å². The topological polar surface area (TPSA) is 41.6 Å². The summed E-state index contributed by atoms with van der Waals surface area (Å²) in [4.78, 5) is 14.7. The average molecular weight is 284 g/mol. The number of rotatable bonds is 8. The second-order valence-corrected chi connectivity index (χ2v) is 6.18. The van der Waals surface area contributed by atoms with Gasteiger partial charge in [0, 0.05) is 12.6 Å². The SMILES string of the molecule is CCNC1(C(=O)OCC)CCC(N(C)CC(C)CC)C1. The molecule has 0 spiro atoms. The third kappa shape index (κ3) is 4.19. The number of hydrogen-bond donors (Lipinski definition) is 1. The maximum atomic E-state index is 12.3. The molecule has 3 atom stereocenters. The Bertz CT molecular complexity index is 309. The Balaban J connectivity index is 2.66. The van der Waals surface area contributed by atoms with Gasteiger partial charge in [0.2, 0.25) is 0 Å². The highest BCUT2D eigenvalue weighted by atomic mass is 16.5. The van der Waals surface area contributed by atoms with E-state index in [4.69, 9.17) is 4.74 Å². The van der Waals surface area contributed by atoms with E-state index in [9.17, 15) is 4.79 Å². The largest absolute Gasteiger partial charge is 0.465 e. The van der Waals surface area contributed by atoms with Crippen LogP contribution < -0.4 is 5.32 Å². The predicted molar refractivity (Wildman–Crippen MR) is 82.8 cm³/mol. The van der Waals surface area contributed by atoms with Gasteiger partial charge in [0.1, 0.15) is 5.54 Å². The van der Waals surface area contributed by atoms with Gasteiger partial charge < -0.3 is 15.0 Å². The molecule has 0 aliphatic heterocycles. The molecule has 20 heavy (non-hydrogen) atoms. The van der Waals surface area contributed by atoms with Gasteiger partial charge in [0.05, 0.1) is 6.61 Å². The van der Waals surface area contributed by atoms with Crippen LogP contribution in [-0.2, 0) is 9.53 Å². The quantitative estimate of drug-likeness (QED) is 0.695. The van der Waals surface area contributed by atoms with Crippen molar-refractivity contribution < 1.29 is 9.53 Å². The summed E-state index contributed by atoms with van der Waals surface area (Å²) in [6.45, 7) is 10.8. The zero-order valence-electron chi connectivity index (χ0n) is 13.9. The molecule has 0 aromatic heterocycles. The molecule has 1 fully saturated rings. The molecule has 1 saturated carbocycles. The third-order valence-electron chi connectivity index (χ3n) is 4.59. The Labute approximate surface area is 124 Å². The number of likely N-dealkylation sites (N-methyl/N-ethyl adjacent to an activating group) is 1. The molecule has 3 unspecified atom stereocenters. The minimum Gasteiger partial charge on any atom is -0.465 e. The number of nitrogens with zero attached hydrogens (tertiary/aromatic N) is 1. The zero-order valence-corrected chi connectivity index (χ0v) is 13.9. The first kappa shape index (κ1) is 17.4. The highest BCUT2D eigenvalue weighted by molar-refractivity contribution is 5.81. The van der Waals surface area contributed by atoms with Crippen molar-refractivity contribution in [1.82, 2.24) is 10.2 Å². The van der Waals surface area contributed by atoms with Crippen LogP contribution in [0.25, 0.3) is 0 Å². The summed E-state index contributed by atoms with van der Waals surface area (Å²) in [5.74, 6) is 0.637. The van der Waals surface area contributed by atoms with Crippen molar-refractivity contribution >= 4 is 5.97 Å². The lowest BCUT2D eigenvalue weighted by molar-refractivity contribution is -0.151. The molecule has 1 aliphatic rings. The molecule has 4 nitrogen and oxygen atoms in total. The maximum Gasteiger partial charge on any atom is 0.326 e. The maximum absolute atomic E-state index is 12.3. The number of ether oxygens (including phenoxy) is 1. The summed E-state index contributed by atoms with van der Waals surface area (Å²) in [6, 6.07) is 0.479. The van der Waals surface area contributed by atoms with E-state index in [1.54, 1.807) is 0 Å². The smallest absolute Gasteiger partial charge is 0.326 e. The second kappa shape index (κ2) is 7.99. The first-order valence-electron chi connectivity index (χ1n) is 8.11. The molecule has 0 amide bonds. The van der Waals surface area contributed by atoms with Crippen LogP contribution in [0, 0.1) is 5.92 Å². The number of carbonyl (C=O) groups is 1. The Hall–Kier alpha value is -0.610. The van der Waals surface area contributed by atoms with Crippen LogP contribution in [0.15, 0.2) is 0 Å². The molecule has 4 heteroatoms. The van der Waals surface area contributed by atoms with Gasteiger partial charge in [-0.15, -0.1) is 0 Å². The van der Waals surface area contributed by atoms with E-state index >= 15 is 0 Å². The first-order chi connectivity index (χ1) is 9.49. The normalized spacial score (nSPS) is 27.8. The fourth-order valence-electron chi connectivity index (χ4n) is 3.19. The van der Waals surface area contributed by atoms with Gasteiger partial charge >= 0.3 is 5.97 Å². The Morgan fingerprint density at radius 1 is 1.45 bits per heavy atom. The standard InChI is InChI=1S/C16H32N2O2/c1-6-13(4)12-18(5)14-9-10-16(11-14,17-7-2)15(19)20-8-3/h13-14,17H,6-12H2,1-5H3. The molecule has 1 N–H and O–H groups in total. The lowest BCUT2D eigenvalue weighted by atomic mass is 9.97. The van der Waals surface area contributed by atoms with Gasteiger partial charge in [-0.3, -0.25) is 4.79 Å². The molecule has 0 aromatic carbocycles. The van der Waals surface area contributed by atoms with Gasteiger partial charge in [0.15, 0.2) is 0 Å². The number of hydrogen-bond acceptors (Lipinski definition) is 4. The van der Waals surface area contributed by atoms with Gasteiger partial charge in [-0.1, -0.05) is 27.2 Å². The predicted octanol–water partition coefficient (Wildman–Crippen LogP) is 2.43. The molecule has 0 radical (unpaired) electrons. The van der Waals surface area contributed by atoms with Crippen molar-refractivity contribution in [2.75, 3.05) is 26.7 Å². The van der Waals surface area contributed by atoms with Crippen molar-refractivity contribution in [3.05, 3.63) is 0 Å². The molecule has 1 aliphatic carbocycles. The van der Waals surface area contributed by atoms with Gasteiger partial charge in [0.25, 0.3) is 0 Å². The van der Waals surface area contributed by atoms with E-state index in [-0.39, 0.29) is 5.97 Å². The Morgan fingerprint density at radius 3 is 2.70 bits per heavy atom. The first-order valence-corrected chi connectivity index (χ1v) is 8.11. The minimum atomic E-state index is -0.459. The average Bonchev–Trinajstić information content (AvgIpc) is 2.85. The molecule has 0 heterocycles. The van der Waals surface area contributed by atoms with Crippen molar-refractivity contribution in [2.45, 2.75) is 65.0 Å². The van der Waals surface area contributed by atoms with Crippen LogP contribution in [-0.4, -0.2) is 49.2 Å². The van der Waals surface area contributed by atoms with E-state index in [1.807, 2.05) is 6.92 Å². The molecule has 0 aromatic rings. The highest BCUT2D eigenvalue weighted by Gasteiger charge is 2.46. The number of carbonyl (C=O) groups excluding carboxylic acids is 1. The van der Waals surface area contributed by atoms with Crippen LogP contribution in [0.4, 0.5) is 0 Å². The summed E-state index contributed by atoms with van der Waals surface area (Å²) in [5.41, 5.74) is -0.459. The van der Waals surface area contributed by atoms with E-state index < -0.39 is 5.54 Å². The molecule has 0 bridgehead atoms. The minimum absolute atomic E-state index is 0.0683. The third-order valence-corrected chi connectivity index (χ3v) is 4.59. The summed E-state index contributed by atoms with van der Waals surface area (Å²) in [5, 5.41) is 3.39. The van der Waals surface area contributed by atoms with Crippen molar-refractivity contribution in [3.63, 3.8) is 0 Å². The number of esters is 1. The van der Waals surface area contributed by atoms with E-state index in [1.165, 1.54) is 6.42 Å². The summed E-state index contributed by atoms with van der Waals surface area (Å²) in [6.07, 6.45) is 4.02. The molecule has 1 rings (SSSR count). The summed E-state index contributed by atoms with van der Waals surface area (Å²) in [7, 11) is 2.18. The van der Waals surface area contributed by atoms with Gasteiger partial charge in [-0.25, -0.2) is 0 Å². The van der Waals surface area contributed by atoms with Gasteiger partial charge in [-0.05, 0) is 45.7 Å². The second-order valence-electron chi connectivity index (χ2n) is 6.18. The fourth-order valence-corrected chi connectivity index (χ4v) is 3.19. The monoisotopic (exact) mass is 284 g/mol. The van der Waals surface area contributed by atoms with E-state index in [0.717, 1.165) is 32.4 Å². The van der Waals surface area contributed by atoms with Crippen LogP contribution >= 0.6 is 0 Å². The molecule has 118 valence electrons. The lowest BCUT2D eigenvalue weighted by Crippen LogP contribution is -2.52. The molecular weight excluding hydrogens is 252 g/mol. The lowest BCUT2D eigenvalue weighted by Gasteiger charge is -2.31. The molecule has 0 saturated heterocycles. The summed E-state index contributed by atoms with van der Waals surface area (Å²) >= 11 is 0. The van der Waals surface area contributed by atoms with Crippen molar-refractivity contribution in [2.24, 2.45) is 5.92 Å². The Morgan fingerprint density at radius 2 is 2.15 bits per heavy atom. The van der Waals surface area contributed by atoms with Crippen molar-refractivity contribution in [3.8, 4) is 0 Å². The van der Waals surface area contributed by atoms with E-state index in [0.29, 0.717) is 18.6 Å². The number of nitrogens with one attached hydrogen (secondary N) is 1. The summed E-state index contributed by atoms with van der Waals surface area (Å²) < 4.78 is 5.29. The van der Waals surface area contributed by atoms with Crippen molar-refractivity contribution in [1.29, 1.82) is 0 Å². The van der Waals surface area contributed by atoms with E-state index in [2.05, 4.69) is 38.0 Å². The van der Waals surface area contributed by atoms with Crippen LogP contribution in [0.3, 0.4) is 0 Å². The highest BCUT2D eigenvalue weighted by Crippen LogP contribution is 2.34. The van der Waals surface area contributed by atoms with Crippen LogP contribution in [0.2, 0.25) is 0 Å². The zero-order chi connectivity index (χ0) is 15.2. The van der Waals surface area contributed by atoms with Crippen LogP contribution in [0.1, 0.15) is 53.4 Å². The Kier molecular flexibility index (Phi) is 6.96. The molecular formula is C16H32N2O2.